The van der Waals surface area contributed by atoms with Gasteiger partial charge in [-0.15, -0.1) is 0 Å². The number of hydrogen-bond donors (Lipinski definition) is 3. The highest BCUT2D eigenvalue weighted by Crippen LogP contribution is 2.37. The van der Waals surface area contributed by atoms with E-state index in [9.17, 15) is 14.4 Å². The van der Waals surface area contributed by atoms with Crippen LogP contribution < -0.4 is 25.4 Å². The lowest BCUT2D eigenvalue weighted by Gasteiger charge is -2.20. The summed E-state index contributed by atoms with van der Waals surface area (Å²) in [5, 5.41) is 8.47. The van der Waals surface area contributed by atoms with E-state index in [2.05, 4.69) is 16.0 Å². The fourth-order valence-corrected chi connectivity index (χ4v) is 3.19. The summed E-state index contributed by atoms with van der Waals surface area (Å²) < 4.78 is 11.4. The van der Waals surface area contributed by atoms with E-state index >= 15 is 0 Å². The van der Waals surface area contributed by atoms with Crippen molar-refractivity contribution in [3.8, 4) is 11.5 Å². The third kappa shape index (κ3) is 8.40. The van der Waals surface area contributed by atoms with Crippen LogP contribution in [0.5, 0.6) is 11.5 Å². The van der Waals surface area contributed by atoms with Gasteiger partial charge in [0.15, 0.2) is 0 Å². The molecule has 2 aromatic rings. The Kier molecular flexibility index (Phi) is 10.3. The number of rotatable bonds is 12. The number of benzene rings is 2. The van der Waals surface area contributed by atoms with Crippen LogP contribution in [0.2, 0.25) is 0 Å². The summed E-state index contributed by atoms with van der Waals surface area (Å²) in [5.41, 5.74) is 1.34. The van der Waals surface area contributed by atoms with Crippen molar-refractivity contribution >= 4 is 29.1 Å². The van der Waals surface area contributed by atoms with Crippen molar-refractivity contribution in [2.24, 2.45) is 0 Å². The summed E-state index contributed by atoms with van der Waals surface area (Å²) in [4.78, 5) is 38.9. The Morgan fingerprint density at radius 1 is 0.853 bits per heavy atom. The number of carbonyl (C=O) groups is 3. The number of amides is 3. The molecule has 0 saturated carbocycles. The molecular formula is C25H34N4O5. The molecule has 184 valence electrons. The Labute approximate surface area is 200 Å². The zero-order chi connectivity index (χ0) is 25.1. The van der Waals surface area contributed by atoms with Crippen molar-refractivity contribution in [3.63, 3.8) is 0 Å². The number of hydrogen-bond acceptors (Lipinski definition) is 6. The van der Waals surface area contributed by atoms with Crippen LogP contribution in [0.15, 0.2) is 42.5 Å². The Bertz CT molecular complexity index is 979. The molecular weight excluding hydrogens is 436 g/mol. The second-order valence-corrected chi connectivity index (χ2v) is 7.97. The average Bonchev–Trinajstić information content (AvgIpc) is 2.76. The number of nitrogens with one attached hydrogen (secondary N) is 3. The molecule has 0 radical (unpaired) electrons. The molecule has 3 amide bonds. The average molecular weight is 471 g/mol. The predicted octanol–water partition coefficient (Wildman–Crippen LogP) is 3.13. The number of carbonyl (C=O) groups excluding carboxylic acids is 3. The van der Waals surface area contributed by atoms with Gasteiger partial charge in [0.2, 0.25) is 11.8 Å². The van der Waals surface area contributed by atoms with Crippen LogP contribution >= 0.6 is 0 Å². The SMILES string of the molecule is CCOc1cc(NC(=O)c2ccccc2)c(OCC)cc1NC(=O)CN(C)CC(=O)NC(C)C. The molecule has 0 aliphatic heterocycles. The van der Waals surface area contributed by atoms with E-state index in [-0.39, 0.29) is 36.9 Å². The van der Waals surface area contributed by atoms with Crippen molar-refractivity contribution < 1.29 is 23.9 Å². The van der Waals surface area contributed by atoms with Gasteiger partial charge in [-0.1, -0.05) is 18.2 Å². The van der Waals surface area contributed by atoms with Crippen LogP contribution in [-0.4, -0.2) is 62.0 Å². The van der Waals surface area contributed by atoms with Gasteiger partial charge in [0.05, 0.1) is 37.7 Å². The molecule has 2 aromatic carbocycles. The fraction of sp³-hybridized carbons (Fsp3) is 0.400. The minimum absolute atomic E-state index is 0.00748. The van der Waals surface area contributed by atoms with E-state index < -0.39 is 0 Å². The van der Waals surface area contributed by atoms with E-state index in [1.807, 2.05) is 33.8 Å². The van der Waals surface area contributed by atoms with Crippen molar-refractivity contribution in [2.45, 2.75) is 33.7 Å². The molecule has 2 rings (SSSR count). The lowest BCUT2D eigenvalue weighted by Crippen LogP contribution is -2.41. The first-order valence-corrected chi connectivity index (χ1v) is 11.3. The van der Waals surface area contributed by atoms with E-state index in [0.717, 1.165) is 0 Å². The van der Waals surface area contributed by atoms with Gasteiger partial charge in [-0.25, -0.2) is 0 Å². The Balaban J connectivity index is 2.19. The van der Waals surface area contributed by atoms with Gasteiger partial charge in [-0.2, -0.15) is 0 Å². The summed E-state index contributed by atoms with van der Waals surface area (Å²) in [7, 11) is 1.69. The van der Waals surface area contributed by atoms with Gasteiger partial charge in [-0.3, -0.25) is 19.3 Å². The summed E-state index contributed by atoms with van der Waals surface area (Å²) in [6.45, 7) is 8.23. The highest BCUT2D eigenvalue weighted by atomic mass is 16.5. The van der Waals surface area contributed by atoms with Crippen LogP contribution in [0.1, 0.15) is 38.1 Å². The molecule has 0 bridgehead atoms. The van der Waals surface area contributed by atoms with Crippen LogP contribution in [0.3, 0.4) is 0 Å². The van der Waals surface area contributed by atoms with Gasteiger partial charge in [0.1, 0.15) is 11.5 Å². The molecule has 3 N–H and O–H groups in total. The maximum atomic E-state index is 12.7. The lowest BCUT2D eigenvalue weighted by molar-refractivity contribution is -0.123. The first kappa shape index (κ1) is 26.7. The first-order chi connectivity index (χ1) is 16.2. The molecule has 0 heterocycles. The number of ether oxygens (including phenoxy) is 2. The monoisotopic (exact) mass is 470 g/mol. The predicted molar refractivity (Wildman–Crippen MR) is 133 cm³/mol. The number of anilines is 2. The smallest absolute Gasteiger partial charge is 0.255 e. The molecule has 0 fully saturated rings. The molecule has 0 saturated heterocycles. The highest BCUT2D eigenvalue weighted by Gasteiger charge is 2.18. The second kappa shape index (κ2) is 13.2. The Hall–Kier alpha value is -3.59. The van der Waals surface area contributed by atoms with E-state index in [0.29, 0.717) is 41.7 Å². The van der Waals surface area contributed by atoms with Gasteiger partial charge >= 0.3 is 0 Å². The molecule has 0 unspecified atom stereocenters. The molecule has 0 aliphatic rings. The van der Waals surface area contributed by atoms with Crippen LogP contribution in [0, 0.1) is 0 Å². The summed E-state index contributed by atoms with van der Waals surface area (Å²) in [6.07, 6.45) is 0. The normalized spacial score (nSPS) is 10.7. The van der Waals surface area contributed by atoms with Gasteiger partial charge in [0.25, 0.3) is 5.91 Å². The maximum absolute atomic E-state index is 12.7. The molecule has 0 atom stereocenters. The zero-order valence-corrected chi connectivity index (χ0v) is 20.4. The van der Waals surface area contributed by atoms with Crippen molar-refractivity contribution in [2.75, 3.05) is 44.0 Å². The minimum Gasteiger partial charge on any atom is -0.492 e. The molecule has 34 heavy (non-hydrogen) atoms. The second-order valence-electron chi connectivity index (χ2n) is 7.97. The van der Waals surface area contributed by atoms with E-state index in [1.54, 1.807) is 48.3 Å². The van der Waals surface area contributed by atoms with Gasteiger partial charge in [0, 0.05) is 23.7 Å². The molecule has 9 nitrogen and oxygen atoms in total. The molecule has 0 spiro atoms. The fourth-order valence-electron chi connectivity index (χ4n) is 3.19. The van der Waals surface area contributed by atoms with Crippen LogP contribution in [-0.2, 0) is 9.59 Å². The summed E-state index contributed by atoms with van der Waals surface area (Å²) in [5.74, 6) is 0.0296. The maximum Gasteiger partial charge on any atom is 0.255 e. The zero-order valence-electron chi connectivity index (χ0n) is 20.4. The highest BCUT2D eigenvalue weighted by molar-refractivity contribution is 6.05. The van der Waals surface area contributed by atoms with Crippen molar-refractivity contribution in [3.05, 3.63) is 48.0 Å². The van der Waals surface area contributed by atoms with E-state index in [1.165, 1.54) is 0 Å². The standard InChI is InChI=1S/C25H34N4O5/c1-6-33-21-14-20(28-25(32)18-11-9-8-10-12-18)22(34-7-2)13-19(21)27-24(31)16-29(5)15-23(30)26-17(3)4/h8-14,17H,6-7,15-16H2,1-5H3,(H,26,30)(H,27,31)(H,28,32). The molecule has 0 aliphatic carbocycles. The third-order valence-electron chi connectivity index (χ3n) is 4.52. The first-order valence-electron chi connectivity index (χ1n) is 11.3. The van der Waals surface area contributed by atoms with Crippen molar-refractivity contribution in [1.82, 2.24) is 10.2 Å². The number of nitrogens with zero attached hydrogens (tertiary/aromatic N) is 1. The molecule has 0 aromatic heterocycles. The Morgan fingerprint density at radius 2 is 1.38 bits per heavy atom. The van der Waals surface area contributed by atoms with Gasteiger partial charge < -0.3 is 25.4 Å². The van der Waals surface area contributed by atoms with Crippen molar-refractivity contribution in [1.29, 1.82) is 0 Å². The molecule has 9 heteroatoms. The topological polar surface area (TPSA) is 109 Å². The Morgan fingerprint density at radius 3 is 1.91 bits per heavy atom. The third-order valence-corrected chi connectivity index (χ3v) is 4.52. The summed E-state index contributed by atoms with van der Waals surface area (Å²) >= 11 is 0. The quantitative estimate of drug-likeness (QED) is 0.440. The van der Waals surface area contributed by atoms with Crippen LogP contribution in [0.25, 0.3) is 0 Å². The van der Waals surface area contributed by atoms with Gasteiger partial charge in [-0.05, 0) is 46.9 Å². The number of likely N-dealkylation sites (N-methyl/N-ethyl adjacent to an activating group) is 1. The summed E-state index contributed by atoms with van der Waals surface area (Å²) in [6, 6.07) is 12.1. The lowest BCUT2D eigenvalue weighted by atomic mass is 10.2. The largest absolute Gasteiger partial charge is 0.492 e. The van der Waals surface area contributed by atoms with Crippen LogP contribution in [0.4, 0.5) is 11.4 Å². The van der Waals surface area contributed by atoms with E-state index in [4.69, 9.17) is 9.47 Å². The minimum atomic E-state index is -0.315.